The van der Waals surface area contributed by atoms with Gasteiger partial charge in [-0.2, -0.15) is 9.29 Å². The van der Waals surface area contributed by atoms with Crippen LogP contribution in [0.5, 0.6) is 0 Å². The minimum Gasteiger partial charge on any atom is -0.340 e. The lowest BCUT2D eigenvalue weighted by molar-refractivity contribution is 0.102. The number of aromatic amines is 1. The van der Waals surface area contributed by atoms with Gasteiger partial charge in [0.25, 0.3) is 5.91 Å². The third-order valence-corrected chi connectivity index (χ3v) is 7.04. The molecule has 0 aliphatic carbocycles. The van der Waals surface area contributed by atoms with Crippen molar-refractivity contribution in [3.63, 3.8) is 0 Å². The van der Waals surface area contributed by atoms with Crippen LogP contribution in [-0.2, 0) is 10.0 Å². The van der Waals surface area contributed by atoms with E-state index in [-0.39, 0.29) is 16.4 Å². The Hall–Kier alpha value is -2.46. The molecule has 2 saturated heterocycles. The van der Waals surface area contributed by atoms with E-state index in [4.69, 9.17) is 0 Å². The lowest BCUT2D eigenvalue weighted by Crippen LogP contribution is -2.30. The molecule has 9 nitrogen and oxygen atoms in total. The lowest BCUT2D eigenvalue weighted by atomic mass is 10.1. The second-order valence-corrected chi connectivity index (χ2v) is 9.06. The molecule has 1 aromatic carbocycles. The van der Waals surface area contributed by atoms with E-state index in [1.165, 1.54) is 22.9 Å². The molecule has 0 saturated carbocycles. The van der Waals surface area contributed by atoms with Crippen LogP contribution in [0.2, 0.25) is 0 Å². The molecule has 2 aliphatic rings. The van der Waals surface area contributed by atoms with Gasteiger partial charge in [-0.25, -0.2) is 13.5 Å². The van der Waals surface area contributed by atoms with Crippen molar-refractivity contribution in [3.05, 3.63) is 29.8 Å². The summed E-state index contributed by atoms with van der Waals surface area (Å²) in [4.78, 5) is 19.1. The number of amides is 1. The van der Waals surface area contributed by atoms with Crippen molar-refractivity contribution in [3.8, 4) is 0 Å². The maximum atomic E-state index is 12.7. The lowest BCUT2D eigenvalue weighted by Gasteiger charge is -2.24. The highest BCUT2D eigenvalue weighted by atomic mass is 32.2. The van der Waals surface area contributed by atoms with Crippen LogP contribution < -0.4 is 10.2 Å². The van der Waals surface area contributed by atoms with E-state index in [1.54, 1.807) is 12.1 Å². The third kappa shape index (κ3) is 3.88. The summed E-state index contributed by atoms with van der Waals surface area (Å²) >= 11 is 0. The second kappa shape index (κ2) is 7.88. The van der Waals surface area contributed by atoms with Crippen LogP contribution in [0.3, 0.4) is 0 Å². The normalized spacial score (nSPS) is 18.4. The van der Waals surface area contributed by atoms with E-state index in [9.17, 15) is 13.2 Å². The van der Waals surface area contributed by atoms with Crippen LogP contribution in [0.15, 0.2) is 29.2 Å². The summed E-state index contributed by atoms with van der Waals surface area (Å²) in [5.74, 6) is 0.388. The molecule has 0 bridgehead atoms. The Morgan fingerprint density at radius 2 is 1.75 bits per heavy atom. The number of carbonyl (C=O) groups excluding carboxylic acids is 1. The highest BCUT2D eigenvalue weighted by Gasteiger charge is 2.27. The molecule has 3 heterocycles. The molecule has 2 aromatic rings. The largest absolute Gasteiger partial charge is 0.340 e. The van der Waals surface area contributed by atoms with E-state index < -0.39 is 15.9 Å². The molecule has 0 spiro atoms. The zero-order valence-electron chi connectivity index (χ0n) is 15.6. The Bertz CT molecular complexity index is 946. The predicted molar refractivity (Wildman–Crippen MR) is 105 cm³/mol. The Labute approximate surface area is 164 Å². The first-order valence-corrected chi connectivity index (χ1v) is 11.1. The number of anilines is 2. The molecular formula is C18H24N6O3S. The molecule has 0 unspecified atom stereocenters. The van der Waals surface area contributed by atoms with Gasteiger partial charge in [-0.1, -0.05) is 6.07 Å². The van der Waals surface area contributed by atoms with E-state index in [0.717, 1.165) is 38.8 Å². The number of H-pyrrole nitrogens is 1. The SMILES string of the molecule is O=C(Nc1nc(N2CCCCC2)n[nH]1)c1cccc(S(=O)(=O)N2CCCC2)c1. The van der Waals surface area contributed by atoms with Gasteiger partial charge in [0.1, 0.15) is 0 Å². The van der Waals surface area contributed by atoms with Crippen molar-refractivity contribution < 1.29 is 13.2 Å². The van der Waals surface area contributed by atoms with Gasteiger partial charge in [-0.05, 0) is 50.3 Å². The van der Waals surface area contributed by atoms with Crippen molar-refractivity contribution in [2.24, 2.45) is 0 Å². The average molecular weight is 404 g/mol. The van der Waals surface area contributed by atoms with Gasteiger partial charge in [0, 0.05) is 31.7 Å². The molecule has 1 amide bonds. The van der Waals surface area contributed by atoms with Gasteiger partial charge in [-0.3, -0.25) is 10.1 Å². The fraction of sp³-hybridized carbons (Fsp3) is 0.500. The van der Waals surface area contributed by atoms with Gasteiger partial charge < -0.3 is 4.90 Å². The van der Waals surface area contributed by atoms with Crippen molar-refractivity contribution in [1.82, 2.24) is 19.5 Å². The molecule has 150 valence electrons. The molecule has 0 atom stereocenters. The molecule has 0 radical (unpaired) electrons. The fourth-order valence-electron chi connectivity index (χ4n) is 3.60. The van der Waals surface area contributed by atoms with Gasteiger partial charge in [0.15, 0.2) is 0 Å². The van der Waals surface area contributed by atoms with Crippen LogP contribution in [0, 0.1) is 0 Å². The quantitative estimate of drug-likeness (QED) is 0.786. The van der Waals surface area contributed by atoms with E-state index in [0.29, 0.717) is 19.0 Å². The van der Waals surface area contributed by atoms with E-state index in [2.05, 4.69) is 25.4 Å². The van der Waals surface area contributed by atoms with Gasteiger partial charge in [0.2, 0.25) is 21.9 Å². The summed E-state index contributed by atoms with van der Waals surface area (Å²) in [5.41, 5.74) is 0.260. The highest BCUT2D eigenvalue weighted by molar-refractivity contribution is 7.89. The maximum absolute atomic E-state index is 12.7. The third-order valence-electron chi connectivity index (χ3n) is 5.14. The number of piperidine rings is 1. The van der Waals surface area contributed by atoms with Crippen LogP contribution in [0.25, 0.3) is 0 Å². The number of rotatable bonds is 5. The van der Waals surface area contributed by atoms with Gasteiger partial charge in [-0.15, -0.1) is 5.10 Å². The first kappa shape index (κ1) is 18.9. The molecule has 2 N–H and O–H groups in total. The van der Waals surface area contributed by atoms with Gasteiger partial charge >= 0.3 is 0 Å². The minimum atomic E-state index is -3.57. The number of sulfonamides is 1. The monoisotopic (exact) mass is 404 g/mol. The highest BCUT2D eigenvalue weighted by Crippen LogP contribution is 2.22. The number of hydrogen-bond acceptors (Lipinski definition) is 6. The van der Waals surface area contributed by atoms with Crippen LogP contribution in [0.4, 0.5) is 11.9 Å². The molecule has 4 rings (SSSR count). The zero-order chi connectivity index (χ0) is 19.6. The number of aromatic nitrogens is 3. The smallest absolute Gasteiger partial charge is 0.258 e. The Morgan fingerprint density at radius 3 is 2.50 bits per heavy atom. The zero-order valence-corrected chi connectivity index (χ0v) is 16.4. The number of nitrogens with one attached hydrogen (secondary N) is 2. The number of benzene rings is 1. The predicted octanol–water partition coefficient (Wildman–Crippen LogP) is 1.83. The Morgan fingerprint density at radius 1 is 1.04 bits per heavy atom. The molecule has 10 heteroatoms. The molecule has 28 heavy (non-hydrogen) atoms. The number of hydrogen-bond donors (Lipinski definition) is 2. The first-order chi connectivity index (χ1) is 13.5. The van der Waals surface area contributed by atoms with Crippen LogP contribution >= 0.6 is 0 Å². The molecule has 1 aromatic heterocycles. The van der Waals surface area contributed by atoms with E-state index in [1.807, 2.05) is 0 Å². The van der Waals surface area contributed by atoms with Crippen molar-refractivity contribution in [2.75, 3.05) is 36.4 Å². The molecule has 2 aliphatic heterocycles. The number of nitrogens with zero attached hydrogens (tertiary/aromatic N) is 4. The number of carbonyl (C=O) groups is 1. The van der Waals surface area contributed by atoms with Crippen molar-refractivity contribution in [1.29, 1.82) is 0 Å². The summed E-state index contributed by atoms with van der Waals surface area (Å²) in [7, 11) is -3.57. The molecule has 2 fully saturated rings. The summed E-state index contributed by atoms with van der Waals surface area (Å²) < 4.78 is 26.9. The second-order valence-electron chi connectivity index (χ2n) is 7.12. The molecular weight excluding hydrogens is 380 g/mol. The summed E-state index contributed by atoms with van der Waals surface area (Å²) in [5, 5.41) is 9.56. The summed E-state index contributed by atoms with van der Waals surface area (Å²) in [6, 6.07) is 6.09. The summed E-state index contributed by atoms with van der Waals surface area (Å²) in [6.45, 7) is 2.86. The van der Waals surface area contributed by atoms with E-state index >= 15 is 0 Å². The fourth-order valence-corrected chi connectivity index (χ4v) is 5.16. The maximum Gasteiger partial charge on any atom is 0.258 e. The first-order valence-electron chi connectivity index (χ1n) is 9.63. The summed E-state index contributed by atoms with van der Waals surface area (Å²) in [6.07, 6.45) is 5.15. The van der Waals surface area contributed by atoms with Crippen LogP contribution in [0.1, 0.15) is 42.5 Å². The van der Waals surface area contributed by atoms with Gasteiger partial charge in [0.05, 0.1) is 4.90 Å². The Kier molecular flexibility index (Phi) is 5.31. The van der Waals surface area contributed by atoms with Crippen LogP contribution in [-0.4, -0.2) is 60.0 Å². The van der Waals surface area contributed by atoms with Crippen molar-refractivity contribution in [2.45, 2.75) is 37.0 Å². The standard InChI is InChI=1S/C18H24N6O3S/c25-16(19-17-20-18(22-21-17)23-9-2-1-3-10-23)14-7-6-8-15(13-14)28(26,27)24-11-4-5-12-24/h6-8,13H,1-5,9-12H2,(H2,19,20,21,22,25). The van der Waals surface area contributed by atoms with Crippen molar-refractivity contribution >= 4 is 27.8 Å². The average Bonchev–Trinajstić information content (AvgIpc) is 3.41. The topological polar surface area (TPSA) is 111 Å². The minimum absolute atomic E-state index is 0.133. The Balaban J connectivity index is 1.47.